The molecule has 0 aliphatic carbocycles. The molecule has 2 aliphatic rings. The van der Waals surface area contributed by atoms with Crippen LogP contribution >= 0.6 is 0 Å². The molecule has 5 aromatic rings. The number of fused-ring (bicyclic) bond motifs is 4. The molecule has 43 heavy (non-hydrogen) atoms. The molecule has 1 aromatic heterocycles. The maximum absolute atomic E-state index is 14.0. The lowest BCUT2D eigenvalue weighted by Crippen LogP contribution is -2.50. The van der Waals surface area contributed by atoms with Gasteiger partial charge in [0.2, 0.25) is 5.72 Å². The zero-order chi connectivity index (χ0) is 29.1. The van der Waals surface area contributed by atoms with Crippen molar-refractivity contribution in [3.05, 3.63) is 142 Å². The number of hydrogen-bond acceptors (Lipinski definition) is 7. The first-order valence-corrected chi connectivity index (χ1v) is 14.5. The van der Waals surface area contributed by atoms with E-state index in [1.54, 1.807) is 12.1 Å². The minimum absolute atomic E-state index is 0.0554. The van der Waals surface area contributed by atoms with Crippen molar-refractivity contribution in [1.82, 2.24) is 9.55 Å². The van der Waals surface area contributed by atoms with Crippen LogP contribution in [0.2, 0.25) is 0 Å². The van der Waals surface area contributed by atoms with E-state index in [4.69, 9.17) is 28.7 Å². The number of aromatic nitrogens is 2. The van der Waals surface area contributed by atoms with Crippen molar-refractivity contribution >= 4 is 10.9 Å². The van der Waals surface area contributed by atoms with Gasteiger partial charge in [-0.1, -0.05) is 103 Å². The Kier molecular flexibility index (Phi) is 7.74. The van der Waals surface area contributed by atoms with E-state index in [1.807, 2.05) is 103 Å². The molecule has 8 heteroatoms. The largest absolute Gasteiger partial charge is 0.453 e. The molecule has 2 aliphatic heterocycles. The second-order valence-electron chi connectivity index (χ2n) is 10.8. The van der Waals surface area contributed by atoms with Crippen LogP contribution in [-0.2, 0) is 44.5 Å². The molecule has 1 fully saturated rings. The lowest BCUT2D eigenvalue weighted by Gasteiger charge is -2.28. The molecule has 0 radical (unpaired) electrons. The number of ether oxygens (including phenoxy) is 5. The van der Waals surface area contributed by atoms with Crippen LogP contribution in [0, 0.1) is 0 Å². The molecule has 3 heterocycles. The number of benzene rings is 4. The molecule has 218 valence electrons. The van der Waals surface area contributed by atoms with Gasteiger partial charge in [-0.05, 0) is 28.8 Å². The van der Waals surface area contributed by atoms with Crippen LogP contribution < -0.4 is 10.3 Å². The van der Waals surface area contributed by atoms with Crippen LogP contribution in [0.1, 0.15) is 16.7 Å². The summed E-state index contributed by atoms with van der Waals surface area (Å²) in [6.07, 6.45) is -1.81. The molecular weight excluding hydrogens is 544 g/mol. The van der Waals surface area contributed by atoms with Crippen molar-refractivity contribution in [2.24, 2.45) is 0 Å². The van der Waals surface area contributed by atoms with Gasteiger partial charge < -0.3 is 23.7 Å². The summed E-state index contributed by atoms with van der Waals surface area (Å²) >= 11 is 0. The van der Waals surface area contributed by atoms with Crippen molar-refractivity contribution in [2.45, 2.75) is 43.9 Å². The highest BCUT2D eigenvalue weighted by molar-refractivity contribution is 5.77. The second kappa shape index (κ2) is 12.1. The fourth-order valence-electron chi connectivity index (χ4n) is 5.85. The molecule has 0 saturated carbocycles. The molecule has 4 aromatic carbocycles. The van der Waals surface area contributed by atoms with Gasteiger partial charge in [0.15, 0.2) is 6.10 Å². The van der Waals surface area contributed by atoms with Crippen molar-refractivity contribution in [3.63, 3.8) is 0 Å². The third-order valence-electron chi connectivity index (χ3n) is 7.92. The molecule has 8 nitrogen and oxygen atoms in total. The second-order valence-corrected chi connectivity index (χ2v) is 10.8. The predicted molar refractivity (Wildman–Crippen MR) is 160 cm³/mol. The van der Waals surface area contributed by atoms with Crippen molar-refractivity contribution in [1.29, 1.82) is 0 Å². The van der Waals surface area contributed by atoms with Crippen LogP contribution in [0.15, 0.2) is 120 Å². The van der Waals surface area contributed by atoms with Crippen molar-refractivity contribution in [2.75, 3.05) is 13.2 Å². The summed E-state index contributed by atoms with van der Waals surface area (Å²) < 4.78 is 33.8. The van der Waals surface area contributed by atoms with Crippen LogP contribution in [0.25, 0.3) is 10.9 Å². The first kappa shape index (κ1) is 27.5. The van der Waals surface area contributed by atoms with Crippen molar-refractivity contribution in [3.8, 4) is 6.01 Å². The Bertz CT molecular complexity index is 1730. The summed E-state index contributed by atoms with van der Waals surface area (Å²) in [7, 11) is 0. The first-order chi connectivity index (χ1) is 21.2. The fourth-order valence-corrected chi connectivity index (χ4v) is 5.85. The van der Waals surface area contributed by atoms with Gasteiger partial charge in [-0.15, -0.1) is 0 Å². The molecule has 0 amide bonds. The van der Waals surface area contributed by atoms with E-state index >= 15 is 0 Å². The van der Waals surface area contributed by atoms with Gasteiger partial charge in [0.25, 0.3) is 5.56 Å². The molecule has 7 rings (SSSR count). The molecule has 0 N–H and O–H groups in total. The van der Waals surface area contributed by atoms with E-state index in [-0.39, 0.29) is 24.8 Å². The summed E-state index contributed by atoms with van der Waals surface area (Å²) in [6.45, 7) is 1.39. The Labute approximate surface area is 249 Å². The number of nitrogens with zero attached hydrogens (tertiary/aromatic N) is 2. The zero-order valence-electron chi connectivity index (χ0n) is 23.6. The van der Waals surface area contributed by atoms with Gasteiger partial charge in [-0.3, -0.25) is 4.79 Å². The van der Waals surface area contributed by atoms with Crippen LogP contribution in [0.3, 0.4) is 0 Å². The standard InChI is InChI=1S/C35H32N2O6/c38-33-28-18-10-11-19-29(28)36-34-37(33)35(24-40-21-26-14-6-2-7-15-26)32(42-34)31(41-22-27-16-8-3-9-17-27)30(43-35)23-39-20-25-12-4-1-5-13-25/h1-19,30-32H,20-24H2/t30-,31-,32+,35-/m1/s1. The van der Waals surface area contributed by atoms with E-state index in [2.05, 4.69) is 0 Å². The summed E-state index contributed by atoms with van der Waals surface area (Å²) in [5.74, 6) is 0. The third kappa shape index (κ3) is 5.46. The summed E-state index contributed by atoms with van der Waals surface area (Å²) in [6, 6.07) is 37.2. The van der Waals surface area contributed by atoms with Gasteiger partial charge in [-0.2, -0.15) is 4.98 Å². The fraction of sp³-hybridized carbons (Fsp3) is 0.257. The van der Waals surface area contributed by atoms with E-state index < -0.39 is 24.0 Å². The SMILES string of the molecule is O=c1c2ccccc2nc2n1[C@]1(COCc3ccccc3)O[C@H](COCc3ccccc3)[C@@H](OCc3ccccc3)[C@@H]1O2. The summed E-state index contributed by atoms with van der Waals surface area (Å²) in [5, 5.41) is 0.479. The molecular formula is C35H32N2O6. The smallest absolute Gasteiger partial charge is 0.302 e. The van der Waals surface area contributed by atoms with E-state index in [0.717, 1.165) is 16.7 Å². The van der Waals surface area contributed by atoms with Gasteiger partial charge in [0, 0.05) is 0 Å². The van der Waals surface area contributed by atoms with Crippen LogP contribution in [-0.4, -0.2) is 41.1 Å². The summed E-state index contributed by atoms with van der Waals surface area (Å²) in [4.78, 5) is 18.7. The minimum Gasteiger partial charge on any atom is -0.453 e. The van der Waals surface area contributed by atoms with Gasteiger partial charge in [0.05, 0.1) is 43.9 Å². The van der Waals surface area contributed by atoms with E-state index in [1.165, 1.54) is 4.57 Å². The normalized spacial score (nSPS) is 22.3. The molecule has 0 bridgehead atoms. The predicted octanol–water partition coefficient (Wildman–Crippen LogP) is 5.23. The zero-order valence-corrected chi connectivity index (χ0v) is 23.6. The molecule has 4 atom stereocenters. The van der Waals surface area contributed by atoms with Crippen LogP contribution in [0.5, 0.6) is 6.01 Å². The first-order valence-electron chi connectivity index (χ1n) is 14.5. The number of hydrogen-bond donors (Lipinski definition) is 0. The van der Waals surface area contributed by atoms with Crippen LogP contribution in [0.4, 0.5) is 0 Å². The number of para-hydroxylation sites is 1. The number of rotatable bonds is 11. The maximum atomic E-state index is 14.0. The molecule has 0 spiro atoms. The third-order valence-corrected chi connectivity index (χ3v) is 7.92. The Morgan fingerprint density at radius 3 is 1.98 bits per heavy atom. The highest BCUT2D eigenvalue weighted by Crippen LogP contribution is 2.46. The van der Waals surface area contributed by atoms with Gasteiger partial charge >= 0.3 is 6.01 Å². The molecule has 0 unspecified atom stereocenters. The maximum Gasteiger partial charge on any atom is 0.302 e. The van der Waals surface area contributed by atoms with E-state index in [9.17, 15) is 4.79 Å². The lowest BCUT2D eigenvalue weighted by molar-refractivity contribution is -0.166. The topological polar surface area (TPSA) is 81.0 Å². The highest BCUT2D eigenvalue weighted by Gasteiger charge is 2.64. The summed E-state index contributed by atoms with van der Waals surface area (Å²) in [5.41, 5.74) is 2.08. The highest BCUT2D eigenvalue weighted by atomic mass is 16.7. The minimum atomic E-state index is -1.31. The Morgan fingerprint density at radius 1 is 0.721 bits per heavy atom. The quantitative estimate of drug-likeness (QED) is 0.213. The average molecular weight is 577 g/mol. The van der Waals surface area contributed by atoms with Crippen molar-refractivity contribution < 1.29 is 23.7 Å². The monoisotopic (exact) mass is 576 g/mol. The Morgan fingerprint density at radius 2 is 1.30 bits per heavy atom. The average Bonchev–Trinajstić information content (AvgIpc) is 3.51. The van der Waals surface area contributed by atoms with E-state index in [0.29, 0.717) is 30.7 Å². The van der Waals surface area contributed by atoms with Gasteiger partial charge in [-0.25, -0.2) is 4.57 Å². The van der Waals surface area contributed by atoms with Gasteiger partial charge in [0.1, 0.15) is 12.2 Å². The Hall–Kier alpha value is -4.34. The Balaban J connectivity index is 1.23. The molecule has 1 saturated heterocycles. The lowest BCUT2D eigenvalue weighted by atomic mass is 10.0.